The molecule has 0 atom stereocenters. The molecule has 3 aromatic rings. The summed E-state index contributed by atoms with van der Waals surface area (Å²) in [5, 5.41) is 4.01. The maximum Gasteiger partial charge on any atom is 0.174 e. The average molecular weight is 407 g/mol. The van der Waals surface area contributed by atoms with Gasteiger partial charge in [0.2, 0.25) is 0 Å². The quantitative estimate of drug-likeness (QED) is 0.531. The summed E-state index contributed by atoms with van der Waals surface area (Å²) in [5.41, 5.74) is 4.51. The van der Waals surface area contributed by atoms with Gasteiger partial charge in [-0.2, -0.15) is 0 Å². The van der Waals surface area contributed by atoms with Crippen LogP contribution in [0.4, 0.5) is 5.69 Å². The van der Waals surface area contributed by atoms with E-state index in [9.17, 15) is 0 Å². The van der Waals surface area contributed by atoms with E-state index in [-0.39, 0.29) is 0 Å². The summed E-state index contributed by atoms with van der Waals surface area (Å²) in [6.07, 6.45) is 0. The number of benzene rings is 3. The standard InChI is InChI=1S/C24H26N2O2S/c1-18-6-4-7-20(14-18)17-26(16-19-10-12-22(27-2)13-11-19)24(29)25-21-8-5-9-23(15-21)28-3/h4-15H,16-17H2,1-3H3,(H,25,29). The molecule has 0 saturated heterocycles. The molecule has 0 fully saturated rings. The number of hydrogen-bond donors (Lipinski definition) is 1. The van der Waals surface area contributed by atoms with Gasteiger partial charge in [0, 0.05) is 24.8 Å². The van der Waals surface area contributed by atoms with Gasteiger partial charge in [-0.15, -0.1) is 0 Å². The molecule has 0 spiro atoms. The van der Waals surface area contributed by atoms with Gasteiger partial charge in [-0.1, -0.05) is 48.0 Å². The second-order valence-corrected chi connectivity index (χ2v) is 7.24. The number of anilines is 1. The molecule has 5 heteroatoms. The van der Waals surface area contributed by atoms with Crippen LogP contribution in [0.1, 0.15) is 16.7 Å². The van der Waals surface area contributed by atoms with Crippen LogP contribution in [0.3, 0.4) is 0 Å². The fraction of sp³-hybridized carbons (Fsp3) is 0.208. The first-order valence-electron chi connectivity index (χ1n) is 9.46. The number of rotatable bonds is 7. The Morgan fingerprint density at radius 1 is 0.828 bits per heavy atom. The van der Waals surface area contributed by atoms with Crippen LogP contribution in [0.15, 0.2) is 72.8 Å². The van der Waals surface area contributed by atoms with Gasteiger partial charge < -0.3 is 19.7 Å². The molecule has 3 aromatic carbocycles. The molecule has 0 amide bonds. The number of ether oxygens (including phenoxy) is 2. The van der Waals surface area contributed by atoms with Crippen molar-refractivity contribution in [3.05, 3.63) is 89.5 Å². The lowest BCUT2D eigenvalue weighted by Crippen LogP contribution is -2.33. The minimum Gasteiger partial charge on any atom is -0.497 e. The zero-order chi connectivity index (χ0) is 20.6. The maximum absolute atomic E-state index is 5.77. The number of nitrogens with zero attached hydrogens (tertiary/aromatic N) is 1. The summed E-state index contributed by atoms with van der Waals surface area (Å²) >= 11 is 5.77. The van der Waals surface area contributed by atoms with E-state index < -0.39 is 0 Å². The van der Waals surface area contributed by atoms with Crippen molar-refractivity contribution in [3.8, 4) is 11.5 Å². The second kappa shape index (κ2) is 9.94. The molecule has 0 aliphatic carbocycles. The Morgan fingerprint density at radius 2 is 1.52 bits per heavy atom. The molecular weight excluding hydrogens is 380 g/mol. The van der Waals surface area contributed by atoms with E-state index in [1.165, 1.54) is 11.1 Å². The van der Waals surface area contributed by atoms with E-state index in [2.05, 4.69) is 53.5 Å². The zero-order valence-electron chi connectivity index (χ0n) is 17.0. The third kappa shape index (κ3) is 5.96. The lowest BCUT2D eigenvalue weighted by molar-refractivity contribution is 0.407. The van der Waals surface area contributed by atoms with Crippen molar-refractivity contribution in [3.63, 3.8) is 0 Å². The molecule has 3 rings (SSSR count). The fourth-order valence-corrected chi connectivity index (χ4v) is 3.33. The highest BCUT2D eigenvalue weighted by Gasteiger charge is 2.13. The van der Waals surface area contributed by atoms with E-state index in [0.717, 1.165) is 22.7 Å². The van der Waals surface area contributed by atoms with Crippen LogP contribution in [0.5, 0.6) is 11.5 Å². The van der Waals surface area contributed by atoms with Gasteiger partial charge in [0.25, 0.3) is 0 Å². The normalized spacial score (nSPS) is 10.3. The van der Waals surface area contributed by atoms with Crippen molar-refractivity contribution in [2.24, 2.45) is 0 Å². The van der Waals surface area contributed by atoms with Crippen molar-refractivity contribution in [1.29, 1.82) is 0 Å². The van der Waals surface area contributed by atoms with Gasteiger partial charge in [-0.25, -0.2) is 0 Å². The van der Waals surface area contributed by atoms with E-state index in [1.54, 1.807) is 14.2 Å². The van der Waals surface area contributed by atoms with Crippen molar-refractivity contribution >= 4 is 23.0 Å². The minimum absolute atomic E-state index is 0.663. The van der Waals surface area contributed by atoms with Gasteiger partial charge in [-0.05, 0) is 54.5 Å². The summed E-state index contributed by atoms with van der Waals surface area (Å²) in [5.74, 6) is 1.63. The first kappa shape index (κ1) is 20.7. The summed E-state index contributed by atoms with van der Waals surface area (Å²) in [7, 11) is 3.33. The summed E-state index contributed by atoms with van der Waals surface area (Å²) in [4.78, 5) is 2.16. The van der Waals surface area contributed by atoms with E-state index in [0.29, 0.717) is 18.2 Å². The third-order valence-corrected chi connectivity index (χ3v) is 4.96. The molecule has 0 radical (unpaired) electrons. The molecule has 0 unspecified atom stereocenters. The van der Waals surface area contributed by atoms with Gasteiger partial charge in [0.1, 0.15) is 11.5 Å². The molecule has 0 aliphatic rings. The van der Waals surface area contributed by atoms with Crippen LogP contribution in [0.2, 0.25) is 0 Å². The second-order valence-electron chi connectivity index (χ2n) is 6.86. The van der Waals surface area contributed by atoms with Crippen LogP contribution in [-0.2, 0) is 13.1 Å². The summed E-state index contributed by atoms with van der Waals surface area (Å²) in [6.45, 7) is 3.50. The maximum atomic E-state index is 5.77. The van der Waals surface area contributed by atoms with Crippen molar-refractivity contribution in [1.82, 2.24) is 4.90 Å². The zero-order valence-corrected chi connectivity index (χ0v) is 17.8. The third-order valence-electron chi connectivity index (χ3n) is 4.60. The van der Waals surface area contributed by atoms with Crippen LogP contribution < -0.4 is 14.8 Å². The van der Waals surface area contributed by atoms with Gasteiger partial charge in [0.15, 0.2) is 5.11 Å². The lowest BCUT2D eigenvalue weighted by Gasteiger charge is -2.26. The van der Waals surface area contributed by atoms with E-state index in [1.807, 2.05) is 36.4 Å². The molecule has 1 N–H and O–H groups in total. The van der Waals surface area contributed by atoms with Gasteiger partial charge >= 0.3 is 0 Å². The Kier molecular flexibility index (Phi) is 7.09. The Morgan fingerprint density at radius 3 is 2.21 bits per heavy atom. The van der Waals surface area contributed by atoms with Crippen molar-refractivity contribution in [2.45, 2.75) is 20.0 Å². The van der Waals surface area contributed by atoms with Gasteiger partial charge in [-0.3, -0.25) is 0 Å². The number of hydrogen-bond acceptors (Lipinski definition) is 3. The van der Waals surface area contributed by atoms with Gasteiger partial charge in [0.05, 0.1) is 14.2 Å². The monoisotopic (exact) mass is 406 g/mol. The Labute approximate surface area is 178 Å². The van der Waals surface area contributed by atoms with Crippen LogP contribution in [0, 0.1) is 6.92 Å². The molecule has 29 heavy (non-hydrogen) atoms. The minimum atomic E-state index is 0.663. The Balaban J connectivity index is 1.80. The molecule has 0 aliphatic heterocycles. The molecular formula is C24H26N2O2S. The molecule has 4 nitrogen and oxygen atoms in total. The summed E-state index contributed by atoms with van der Waals surface area (Å²) in [6, 6.07) is 24.3. The summed E-state index contributed by atoms with van der Waals surface area (Å²) < 4.78 is 10.6. The first-order chi connectivity index (χ1) is 14.1. The smallest absolute Gasteiger partial charge is 0.174 e. The SMILES string of the molecule is COc1ccc(CN(Cc2cccc(C)c2)C(=S)Nc2cccc(OC)c2)cc1. The number of methoxy groups -OCH3 is 2. The predicted octanol–water partition coefficient (Wildman–Crippen LogP) is 5.41. The van der Waals surface area contributed by atoms with Crippen molar-refractivity contribution < 1.29 is 9.47 Å². The highest BCUT2D eigenvalue weighted by Crippen LogP contribution is 2.20. The molecule has 0 heterocycles. The Bertz CT molecular complexity index is 957. The molecule has 0 bridgehead atoms. The average Bonchev–Trinajstić information content (AvgIpc) is 2.74. The molecule has 0 aromatic heterocycles. The molecule has 150 valence electrons. The van der Waals surface area contributed by atoms with E-state index in [4.69, 9.17) is 21.7 Å². The lowest BCUT2D eigenvalue weighted by atomic mass is 10.1. The predicted molar refractivity (Wildman–Crippen MR) is 123 cm³/mol. The highest BCUT2D eigenvalue weighted by molar-refractivity contribution is 7.80. The van der Waals surface area contributed by atoms with Crippen LogP contribution >= 0.6 is 12.2 Å². The van der Waals surface area contributed by atoms with Crippen LogP contribution in [0.25, 0.3) is 0 Å². The largest absolute Gasteiger partial charge is 0.497 e. The topological polar surface area (TPSA) is 33.7 Å². The fourth-order valence-electron chi connectivity index (χ4n) is 3.09. The Hall–Kier alpha value is -3.05. The number of nitrogens with one attached hydrogen (secondary N) is 1. The first-order valence-corrected chi connectivity index (χ1v) is 9.86. The number of thiocarbonyl (C=S) groups is 1. The highest BCUT2D eigenvalue weighted by atomic mass is 32.1. The van der Waals surface area contributed by atoms with Crippen LogP contribution in [-0.4, -0.2) is 24.2 Å². The number of aryl methyl sites for hydroxylation is 1. The molecule has 0 saturated carbocycles. The van der Waals surface area contributed by atoms with E-state index >= 15 is 0 Å². The van der Waals surface area contributed by atoms with Crippen molar-refractivity contribution in [2.75, 3.05) is 19.5 Å².